The van der Waals surface area contributed by atoms with Gasteiger partial charge in [0, 0.05) is 25.1 Å². The Kier molecular flexibility index (Phi) is 5.11. The molecule has 0 aliphatic carbocycles. The fourth-order valence-corrected chi connectivity index (χ4v) is 1.97. The van der Waals surface area contributed by atoms with Crippen LogP contribution in [0.4, 0.5) is 11.6 Å². The molecule has 0 radical (unpaired) electrons. The number of nitrogens with two attached hydrogens (primary N) is 1. The summed E-state index contributed by atoms with van der Waals surface area (Å²) in [5.74, 6) is 2.15. The van der Waals surface area contributed by atoms with Gasteiger partial charge in [0.1, 0.15) is 17.5 Å². The molecule has 1 heterocycles. The van der Waals surface area contributed by atoms with E-state index in [0.29, 0.717) is 12.4 Å². The molecule has 19 heavy (non-hydrogen) atoms. The maximum absolute atomic E-state index is 5.91. The molecule has 0 saturated heterocycles. The molecule has 1 aromatic rings. The fourth-order valence-electron chi connectivity index (χ4n) is 1.97. The Labute approximate surface area is 116 Å². The summed E-state index contributed by atoms with van der Waals surface area (Å²) in [5.41, 5.74) is 5.80. The van der Waals surface area contributed by atoms with Crippen molar-refractivity contribution in [2.75, 3.05) is 30.9 Å². The van der Waals surface area contributed by atoms with Crippen LogP contribution in [0.5, 0.6) is 0 Å². The zero-order chi connectivity index (χ0) is 14.6. The highest BCUT2D eigenvalue weighted by molar-refractivity contribution is 5.48. The highest BCUT2D eigenvalue weighted by atomic mass is 16.5. The highest BCUT2D eigenvalue weighted by Crippen LogP contribution is 2.24. The van der Waals surface area contributed by atoms with Crippen LogP contribution in [-0.2, 0) is 10.2 Å². The van der Waals surface area contributed by atoms with Crippen LogP contribution in [0.1, 0.15) is 40.4 Å². The quantitative estimate of drug-likeness (QED) is 0.885. The number of rotatable bonds is 5. The van der Waals surface area contributed by atoms with Gasteiger partial charge in [0.05, 0.1) is 12.6 Å². The van der Waals surface area contributed by atoms with E-state index >= 15 is 0 Å². The second-order valence-corrected chi connectivity index (χ2v) is 5.81. The standard InChI is InChI=1S/C14H26N4O/c1-7-18(10(2)9-19-6)12-8-11(15)16-13(17-12)14(3,4)5/h8,10H,7,9H2,1-6H3,(H2,15,16,17). The molecule has 1 atom stereocenters. The smallest absolute Gasteiger partial charge is 0.138 e. The number of hydrogen-bond acceptors (Lipinski definition) is 5. The second-order valence-electron chi connectivity index (χ2n) is 5.81. The van der Waals surface area contributed by atoms with Crippen molar-refractivity contribution in [1.29, 1.82) is 0 Å². The minimum Gasteiger partial charge on any atom is -0.384 e. The zero-order valence-electron chi connectivity index (χ0n) is 12.9. The normalized spacial score (nSPS) is 13.4. The Morgan fingerprint density at radius 2 is 2.00 bits per heavy atom. The van der Waals surface area contributed by atoms with Crippen molar-refractivity contribution in [3.8, 4) is 0 Å². The summed E-state index contributed by atoms with van der Waals surface area (Å²) in [6, 6.07) is 2.07. The van der Waals surface area contributed by atoms with Gasteiger partial charge in [0.15, 0.2) is 0 Å². The van der Waals surface area contributed by atoms with Gasteiger partial charge in [-0.15, -0.1) is 0 Å². The summed E-state index contributed by atoms with van der Waals surface area (Å²) >= 11 is 0. The van der Waals surface area contributed by atoms with Crippen LogP contribution in [0.15, 0.2) is 6.07 Å². The van der Waals surface area contributed by atoms with E-state index in [9.17, 15) is 0 Å². The van der Waals surface area contributed by atoms with Crippen molar-refractivity contribution in [2.45, 2.75) is 46.1 Å². The number of hydrogen-bond donors (Lipinski definition) is 1. The van der Waals surface area contributed by atoms with Gasteiger partial charge in [-0.05, 0) is 13.8 Å². The maximum atomic E-state index is 5.91. The van der Waals surface area contributed by atoms with E-state index < -0.39 is 0 Å². The molecule has 0 fully saturated rings. The Morgan fingerprint density at radius 1 is 1.37 bits per heavy atom. The van der Waals surface area contributed by atoms with E-state index in [1.807, 2.05) is 6.07 Å². The van der Waals surface area contributed by atoms with E-state index in [4.69, 9.17) is 10.5 Å². The molecule has 1 aromatic heterocycles. The SMILES string of the molecule is CCN(c1cc(N)nc(C(C)(C)C)n1)C(C)COC. The van der Waals surface area contributed by atoms with Crippen LogP contribution in [0.2, 0.25) is 0 Å². The lowest BCUT2D eigenvalue weighted by atomic mass is 9.96. The summed E-state index contributed by atoms with van der Waals surface area (Å²) in [5, 5.41) is 0. The molecule has 0 aliphatic heterocycles. The minimum absolute atomic E-state index is 0.117. The van der Waals surface area contributed by atoms with Crippen LogP contribution in [-0.4, -0.2) is 36.3 Å². The number of nitrogens with zero attached hydrogens (tertiary/aromatic N) is 3. The highest BCUT2D eigenvalue weighted by Gasteiger charge is 2.21. The summed E-state index contributed by atoms with van der Waals surface area (Å²) in [7, 11) is 1.71. The molecular weight excluding hydrogens is 240 g/mol. The molecule has 2 N–H and O–H groups in total. The molecule has 0 aliphatic rings. The molecule has 0 aromatic carbocycles. The van der Waals surface area contributed by atoms with Crippen molar-refractivity contribution in [3.05, 3.63) is 11.9 Å². The largest absolute Gasteiger partial charge is 0.384 e. The lowest BCUT2D eigenvalue weighted by Crippen LogP contribution is -2.37. The first-order chi connectivity index (χ1) is 8.79. The first-order valence-electron chi connectivity index (χ1n) is 6.70. The Bertz CT molecular complexity index is 414. The van der Waals surface area contributed by atoms with E-state index in [1.54, 1.807) is 7.11 Å². The Hall–Kier alpha value is -1.36. The number of methoxy groups -OCH3 is 1. The molecule has 0 bridgehead atoms. The van der Waals surface area contributed by atoms with E-state index in [1.165, 1.54) is 0 Å². The molecule has 0 saturated carbocycles. The van der Waals surface area contributed by atoms with Gasteiger partial charge in [-0.25, -0.2) is 9.97 Å². The van der Waals surface area contributed by atoms with Crippen LogP contribution < -0.4 is 10.6 Å². The molecule has 5 heteroatoms. The van der Waals surface area contributed by atoms with Gasteiger partial charge in [-0.2, -0.15) is 0 Å². The first-order valence-corrected chi connectivity index (χ1v) is 6.70. The molecule has 1 unspecified atom stereocenters. The van der Waals surface area contributed by atoms with E-state index in [-0.39, 0.29) is 11.5 Å². The van der Waals surface area contributed by atoms with Gasteiger partial charge in [0.2, 0.25) is 0 Å². The number of anilines is 2. The predicted molar refractivity (Wildman–Crippen MR) is 79.5 cm³/mol. The molecule has 0 spiro atoms. The van der Waals surface area contributed by atoms with Crippen molar-refractivity contribution in [1.82, 2.24) is 9.97 Å². The summed E-state index contributed by atoms with van der Waals surface area (Å²) in [6.07, 6.45) is 0. The van der Waals surface area contributed by atoms with E-state index in [2.05, 4.69) is 49.5 Å². The molecule has 108 valence electrons. The molecule has 0 amide bonds. The van der Waals surface area contributed by atoms with Crippen molar-refractivity contribution >= 4 is 11.6 Å². The zero-order valence-corrected chi connectivity index (χ0v) is 12.9. The topological polar surface area (TPSA) is 64.3 Å². The molecule has 1 rings (SSSR count). The first kappa shape index (κ1) is 15.7. The minimum atomic E-state index is -0.117. The van der Waals surface area contributed by atoms with Gasteiger partial charge >= 0.3 is 0 Å². The third-order valence-corrected chi connectivity index (χ3v) is 2.98. The monoisotopic (exact) mass is 266 g/mol. The summed E-state index contributed by atoms with van der Waals surface area (Å²) in [6.45, 7) is 12.0. The van der Waals surface area contributed by atoms with Crippen LogP contribution >= 0.6 is 0 Å². The predicted octanol–water partition coefficient (Wildman–Crippen LogP) is 2.22. The number of ether oxygens (including phenoxy) is 1. The van der Waals surface area contributed by atoms with Crippen molar-refractivity contribution in [2.24, 2.45) is 0 Å². The average Bonchev–Trinajstić information content (AvgIpc) is 2.28. The lowest BCUT2D eigenvalue weighted by molar-refractivity contribution is 0.181. The van der Waals surface area contributed by atoms with Crippen LogP contribution in [0.3, 0.4) is 0 Å². The molecule has 5 nitrogen and oxygen atoms in total. The van der Waals surface area contributed by atoms with Crippen LogP contribution in [0, 0.1) is 0 Å². The number of likely N-dealkylation sites (N-methyl/N-ethyl adjacent to an activating group) is 1. The van der Waals surface area contributed by atoms with Crippen molar-refractivity contribution in [3.63, 3.8) is 0 Å². The number of aromatic nitrogens is 2. The van der Waals surface area contributed by atoms with E-state index in [0.717, 1.165) is 18.2 Å². The Balaban J connectivity index is 3.14. The third kappa shape index (κ3) is 4.06. The van der Waals surface area contributed by atoms with Gasteiger partial charge in [-0.3, -0.25) is 0 Å². The average molecular weight is 266 g/mol. The summed E-state index contributed by atoms with van der Waals surface area (Å²) < 4.78 is 5.22. The number of nitrogen functional groups attached to an aromatic ring is 1. The third-order valence-electron chi connectivity index (χ3n) is 2.98. The second kappa shape index (κ2) is 6.19. The molecular formula is C14H26N4O. The van der Waals surface area contributed by atoms with Gasteiger partial charge < -0.3 is 15.4 Å². The van der Waals surface area contributed by atoms with Crippen molar-refractivity contribution < 1.29 is 4.74 Å². The van der Waals surface area contributed by atoms with Crippen LogP contribution in [0.25, 0.3) is 0 Å². The van der Waals surface area contributed by atoms with Gasteiger partial charge in [-0.1, -0.05) is 20.8 Å². The van der Waals surface area contributed by atoms with Gasteiger partial charge in [0.25, 0.3) is 0 Å². The Morgan fingerprint density at radius 3 is 2.47 bits per heavy atom. The fraction of sp³-hybridized carbons (Fsp3) is 0.714. The lowest BCUT2D eigenvalue weighted by Gasteiger charge is -2.30. The maximum Gasteiger partial charge on any atom is 0.138 e. The summed E-state index contributed by atoms with van der Waals surface area (Å²) in [4.78, 5) is 11.2.